The first-order valence-electron chi connectivity index (χ1n) is 4.26. The number of nitrogens with zero attached hydrogens (tertiary/aromatic N) is 4. The van der Waals surface area contributed by atoms with Crippen molar-refractivity contribution in [2.45, 2.75) is 6.54 Å². The molecule has 7 heteroatoms. The van der Waals surface area contributed by atoms with Gasteiger partial charge >= 0.3 is 0 Å². The Labute approximate surface area is 103 Å². The van der Waals surface area contributed by atoms with Crippen LogP contribution in [0.15, 0.2) is 22.2 Å². The summed E-state index contributed by atoms with van der Waals surface area (Å²) in [6, 6.07) is 3.63. The van der Waals surface area contributed by atoms with Crippen molar-refractivity contribution in [3.05, 3.63) is 32.9 Å². The Hall–Kier alpha value is -1.52. The van der Waals surface area contributed by atoms with Crippen LogP contribution in [-0.2, 0) is 6.54 Å². The molecule has 2 heterocycles. The van der Waals surface area contributed by atoms with Gasteiger partial charge in [0.2, 0.25) is 0 Å². The lowest BCUT2D eigenvalue weighted by molar-refractivity contribution is 0.0971. The first-order chi connectivity index (χ1) is 7.70. The number of aromatic nitrogens is 3. The Bertz CT molecular complexity index is 568. The van der Waals surface area contributed by atoms with Crippen LogP contribution in [0.2, 0.25) is 0 Å². The predicted molar refractivity (Wildman–Crippen MR) is 61.1 cm³/mol. The van der Waals surface area contributed by atoms with Crippen molar-refractivity contribution in [3.63, 3.8) is 0 Å². The zero-order valence-electron chi connectivity index (χ0n) is 7.92. The lowest BCUT2D eigenvalue weighted by atomic mass is 10.3. The van der Waals surface area contributed by atoms with E-state index in [1.54, 1.807) is 6.07 Å². The molecule has 0 amide bonds. The summed E-state index contributed by atoms with van der Waals surface area (Å²) in [5, 5.41) is 14.2. The molecule has 0 aliphatic rings. The number of hydrogen-bond acceptors (Lipinski definition) is 5. The van der Waals surface area contributed by atoms with Crippen LogP contribution in [0.25, 0.3) is 0 Å². The fraction of sp³-hybridized carbons (Fsp3) is 0.111. The smallest absolute Gasteiger partial charge is 0.252 e. The topological polar surface area (TPSA) is 71.6 Å². The molecule has 0 aromatic carbocycles. The molecular formula is C9H5BrN4OS. The van der Waals surface area contributed by atoms with Gasteiger partial charge in [0.1, 0.15) is 18.9 Å². The molecule has 0 spiro atoms. The third-order valence-corrected chi connectivity index (χ3v) is 3.69. The van der Waals surface area contributed by atoms with Crippen LogP contribution in [-0.4, -0.2) is 20.5 Å². The van der Waals surface area contributed by atoms with Gasteiger partial charge < -0.3 is 0 Å². The molecular weight excluding hydrogens is 292 g/mol. The highest BCUT2D eigenvalue weighted by Crippen LogP contribution is 2.23. The number of ketones is 1. The number of hydrogen-bond donors (Lipinski definition) is 0. The SMILES string of the molecule is N#Cc1ncn(CC(=O)c2sccc2Br)n1. The van der Waals surface area contributed by atoms with Gasteiger partial charge in [-0.25, -0.2) is 9.67 Å². The fourth-order valence-electron chi connectivity index (χ4n) is 1.13. The molecule has 0 unspecified atom stereocenters. The second-order valence-corrected chi connectivity index (χ2v) is 4.67. The van der Waals surface area contributed by atoms with Gasteiger partial charge in [0.25, 0.3) is 5.82 Å². The van der Waals surface area contributed by atoms with Crippen LogP contribution in [0.4, 0.5) is 0 Å². The summed E-state index contributed by atoms with van der Waals surface area (Å²) in [6.07, 6.45) is 1.37. The van der Waals surface area contributed by atoms with Gasteiger partial charge in [0.05, 0.1) is 4.88 Å². The summed E-state index contributed by atoms with van der Waals surface area (Å²) in [7, 11) is 0. The van der Waals surface area contributed by atoms with E-state index in [0.29, 0.717) is 4.88 Å². The van der Waals surface area contributed by atoms with E-state index in [1.807, 2.05) is 11.4 Å². The van der Waals surface area contributed by atoms with Crippen molar-refractivity contribution >= 4 is 33.0 Å². The van der Waals surface area contributed by atoms with Crippen LogP contribution < -0.4 is 0 Å². The summed E-state index contributed by atoms with van der Waals surface area (Å²) in [6.45, 7) is 0.0911. The molecule has 0 fully saturated rings. The Balaban J connectivity index is 2.14. The quantitative estimate of drug-likeness (QED) is 0.811. The maximum atomic E-state index is 11.8. The second kappa shape index (κ2) is 4.55. The lowest BCUT2D eigenvalue weighted by Crippen LogP contribution is -2.10. The molecule has 0 aliphatic heterocycles. The van der Waals surface area contributed by atoms with E-state index >= 15 is 0 Å². The van der Waals surface area contributed by atoms with E-state index in [4.69, 9.17) is 5.26 Å². The zero-order chi connectivity index (χ0) is 11.5. The van der Waals surface area contributed by atoms with E-state index in [-0.39, 0.29) is 18.2 Å². The molecule has 2 rings (SSSR count). The van der Waals surface area contributed by atoms with Crippen LogP contribution >= 0.6 is 27.3 Å². The number of thiophene rings is 1. The van der Waals surface area contributed by atoms with Gasteiger partial charge in [-0.15, -0.1) is 16.4 Å². The molecule has 16 heavy (non-hydrogen) atoms. The highest BCUT2D eigenvalue weighted by atomic mass is 79.9. The Morgan fingerprint density at radius 1 is 1.69 bits per heavy atom. The standard InChI is InChI=1S/C9H5BrN4OS/c10-6-1-2-16-9(6)7(15)4-14-5-12-8(3-11)13-14/h1-2,5H,4H2. The maximum Gasteiger partial charge on any atom is 0.252 e. The number of nitriles is 1. The average Bonchev–Trinajstić information content (AvgIpc) is 2.86. The monoisotopic (exact) mass is 296 g/mol. The summed E-state index contributed by atoms with van der Waals surface area (Å²) >= 11 is 4.66. The van der Waals surface area contributed by atoms with Crippen molar-refractivity contribution in [1.82, 2.24) is 14.8 Å². The third kappa shape index (κ3) is 2.18. The molecule has 0 radical (unpaired) electrons. The fourth-order valence-corrected chi connectivity index (χ4v) is 2.66. The number of rotatable bonds is 3. The minimum absolute atomic E-state index is 0.0590. The maximum absolute atomic E-state index is 11.8. The van der Waals surface area contributed by atoms with E-state index in [2.05, 4.69) is 26.0 Å². The average molecular weight is 297 g/mol. The first-order valence-corrected chi connectivity index (χ1v) is 5.93. The lowest BCUT2D eigenvalue weighted by Gasteiger charge is -1.98. The van der Waals surface area contributed by atoms with Gasteiger partial charge in [0, 0.05) is 4.47 Å². The molecule has 2 aromatic heterocycles. The summed E-state index contributed by atoms with van der Waals surface area (Å²) in [4.78, 5) is 16.2. The van der Waals surface area contributed by atoms with E-state index in [0.717, 1.165) is 4.47 Å². The van der Waals surface area contributed by atoms with Crippen molar-refractivity contribution in [3.8, 4) is 6.07 Å². The summed E-state index contributed by atoms with van der Waals surface area (Å²) in [5.74, 6) is 0.00862. The first kappa shape index (κ1) is 11.0. The largest absolute Gasteiger partial charge is 0.291 e. The van der Waals surface area contributed by atoms with Gasteiger partial charge in [-0.1, -0.05) is 0 Å². The summed E-state index contributed by atoms with van der Waals surface area (Å²) in [5.41, 5.74) is 0. The molecule has 0 atom stereocenters. The van der Waals surface area contributed by atoms with Crippen molar-refractivity contribution in [1.29, 1.82) is 5.26 Å². The van der Waals surface area contributed by atoms with Crippen LogP contribution in [0, 0.1) is 11.3 Å². The van der Waals surface area contributed by atoms with Gasteiger partial charge in [0.15, 0.2) is 5.78 Å². The predicted octanol–water partition coefficient (Wildman–Crippen LogP) is 1.86. The van der Waals surface area contributed by atoms with Crippen LogP contribution in [0.1, 0.15) is 15.5 Å². The Kier molecular flexibility index (Phi) is 3.12. The normalized spacial score (nSPS) is 10.0. The third-order valence-electron chi connectivity index (χ3n) is 1.81. The number of carbonyl (C=O) groups excluding carboxylic acids is 1. The molecule has 0 saturated carbocycles. The highest BCUT2D eigenvalue weighted by molar-refractivity contribution is 9.10. The van der Waals surface area contributed by atoms with Gasteiger partial charge in [-0.3, -0.25) is 4.79 Å². The molecule has 80 valence electrons. The molecule has 5 nitrogen and oxygen atoms in total. The van der Waals surface area contributed by atoms with Crippen LogP contribution in [0.3, 0.4) is 0 Å². The van der Waals surface area contributed by atoms with Crippen molar-refractivity contribution in [2.75, 3.05) is 0 Å². The van der Waals surface area contributed by atoms with E-state index in [1.165, 1.54) is 22.3 Å². The van der Waals surface area contributed by atoms with Gasteiger partial charge in [-0.2, -0.15) is 5.26 Å². The van der Waals surface area contributed by atoms with E-state index in [9.17, 15) is 4.79 Å². The van der Waals surface area contributed by atoms with Gasteiger partial charge in [-0.05, 0) is 27.4 Å². The van der Waals surface area contributed by atoms with E-state index < -0.39 is 0 Å². The number of Topliss-reactive ketones (excluding diaryl/α,β-unsaturated/α-hetero) is 1. The van der Waals surface area contributed by atoms with Crippen LogP contribution in [0.5, 0.6) is 0 Å². The Morgan fingerprint density at radius 3 is 3.06 bits per heavy atom. The Morgan fingerprint density at radius 2 is 2.50 bits per heavy atom. The van der Waals surface area contributed by atoms with Crippen molar-refractivity contribution in [2.24, 2.45) is 0 Å². The number of halogens is 1. The molecule has 2 aromatic rings. The summed E-state index contributed by atoms with van der Waals surface area (Å²) < 4.78 is 2.13. The van der Waals surface area contributed by atoms with Crippen molar-refractivity contribution < 1.29 is 4.79 Å². The zero-order valence-corrected chi connectivity index (χ0v) is 10.3. The minimum atomic E-state index is -0.0590. The minimum Gasteiger partial charge on any atom is -0.291 e. The molecule has 0 bridgehead atoms. The number of carbonyl (C=O) groups is 1. The molecule has 0 saturated heterocycles. The highest BCUT2D eigenvalue weighted by Gasteiger charge is 2.13. The molecule has 0 N–H and O–H groups in total. The molecule has 0 aliphatic carbocycles. The second-order valence-electron chi connectivity index (χ2n) is 2.90.